The molecule has 0 aliphatic rings. The first-order valence-corrected chi connectivity index (χ1v) is 7.60. The highest BCUT2D eigenvalue weighted by atomic mass is 16.5. The number of methoxy groups -OCH3 is 1. The van der Waals surface area contributed by atoms with Crippen LogP contribution >= 0.6 is 0 Å². The van der Waals surface area contributed by atoms with Gasteiger partial charge in [0.2, 0.25) is 0 Å². The van der Waals surface area contributed by atoms with Crippen molar-refractivity contribution in [1.29, 1.82) is 0 Å². The first kappa shape index (κ1) is 16.9. The predicted octanol–water partition coefficient (Wildman–Crippen LogP) is 3.34. The molecule has 20 heavy (non-hydrogen) atoms. The molecule has 4 heteroatoms. The third-order valence-electron chi connectivity index (χ3n) is 3.24. The summed E-state index contributed by atoms with van der Waals surface area (Å²) in [5.41, 5.74) is 1.13. The summed E-state index contributed by atoms with van der Waals surface area (Å²) >= 11 is 0. The molecular weight excluding hydrogens is 252 g/mol. The van der Waals surface area contributed by atoms with Crippen LogP contribution in [-0.4, -0.2) is 31.3 Å². The minimum Gasteiger partial charge on any atom is -0.492 e. The van der Waals surface area contributed by atoms with E-state index in [9.17, 15) is 0 Å². The summed E-state index contributed by atoms with van der Waals surface area (Å²) in [6, 6.07) is 2.22. The van der Waals surface area contributed by atoms with Crippen molar-refractivity contribution in [2.75, 3.05) is 20.3 Å². The molecule has 2 atom stereocenters. The maximum Gasteiger partial charge on any atom is 0.137 e. The Hall–Kier alpha value is -1.13. The van der Waals surface area contributed by atoms with E-state index >= 15 is 0 Å². The van der Waals surface area contributed by atoms with Gasteiger partial charge in [-0.3, -0.25) is 4.98 Å². The van der Waals surface area contributed by atoms with Gasteiger partial charge in [0.05, 0.1) is 24.9 Å². The van der Waals surface area contributed by atoms with Gasteiger partial charge in [0.1, 0.15) is 5.75 Å². The standard InChI is InChI=1S/C16H28N2O2/c1-5-8-15(19-4)16(18-7-3)13-10-14(12-17-11-13)20-9-6-2/h10-12,15-16,18H,5-9H2,1-4H3. The zero-order valence-electron chi connectivity index (χ0n) is 13.2. The maximum atomic E-state index is 5.67. The molecule has 0 bridgehead atoms. The molecule has 1 N–H and O–H groups in total. The third kappa shape index (κ3) is 5.10. The van der Waals surface area contributed by atoms with E-state index in [0.717, 1.165) is 43.7 Å². The second-order valence-electron chi connectivity index (χ2n) is 4.90. The second kappa shape index (κ2) is 9.72. The van der Waals surface area contributed by atoms with Crippen LogP contribution in [0.15, 0.2) is 18.5 Å². The largest absolute Gasteiger partial charge is 0.492 e. The van der Waals surface area contributed by atoms with Crippen molar-refractivity contribution >= 4 is 0 Å². The number of rotatable bonds is 10. The number of nitrogens with one attached hydrogen (secondary N) is 1. The Morgan fingerprint density at radius 3 is 2.60 bits per heavy atom. The zero-order chi connectivity index (χ0) is 14.8. The van der Waals surface area contributed by atoms with Crippen LogP contribution in [-0.2, 0) is 4.74 Å². The lowest BCUT2D eigenvalue weighted by molar-refractivity contribution is 0.0609. The van der Waals surface area contributed by atoms with Crippen molar-refractivity contribution < 1.29 is 9.47 Å². The zero-order valence-corrected chi connectivity index (χ0v) is 13.2. The molecule has 4 nitrogen and oxygen atoms in total. The average molecular weight is 280 g/mol. The van der Waals surface area contributed by atoms with E-state index in [0.29, 0.717) is 0 Å². The number of aromatic nitrogens is 1. The molecular formula is C16H28N2O2. The van der Waals surface area contributed by atoms with Crippen LogP contribution in [0.3, 0.4) is 0 Å². The molecule has 1 aromatic rings. The molecule has 114 valence electrons. The van der Waals surface area contributed by atoms with Crippen LogP contribution < -0.4 is 10.1 Å². The van der Waals surface area contributed by atoms with E-state index in [1.165, 1.54) is 0 Å². The lowest BCUT2D eigenvalue weighted by Crippen LogP contribution is -2.33. The van der Waals surface area contributed by atoms with Gasteiger partial charge >= 0.3 is 0 Å². The lowest BCUT2D eigenvalue weighted by Gasteiger charge is -2.27. The molecule has 0 amide bonds. The van der Waals surface area contributed by atoms with Gasteiger partial charge in [-0.25, -0.2) is 0 Å². The maximum absolute atomic E-state index is 5.67. The summed E-state index contributed by atoms with van der Waals surface area (Å²) < 4.78 is 11.3. The molecule has 0 aromatic carbocycles. The summed E-state index contributed by atoms with van der Waals surface area (Å²) in [6.45, 7) is 8.00. The Labute approximate surface area is 122 Å². The predicted molar refractivity (Wildman–Crippen MR) is 82.1 cm³/mol. The van der Waals surface area contributed by atoms with Gasteiger partial charge in [-0.2, -0.15) is 0 Å². The average Bonchev–Trinajstić information content (AvgIpc) is 2.49. The summed E-state index contributed by atoms with van der Waals surface area (Å²) in [4.78, 5) is 4.30. The number of hydrogen-bond acceptors (Lipinski definition) is 4. The highest BCUT2D eigenvalue weighted by Gasteiger charge is 2.22. The molecule has 0 radical (unpaired) electrons. The summed E-state index contributed by atoms with van der Waals surface area (Å²) in [7, 11) is 1.77. The highest BCUT2D eigenvalue weighted by Crippen LogP contribution is 2.24. The molecule has 0 aliphatic carbocycles. The van der Waals surface area contributed by atoms with Gasteiger partial charge in [-0.15, -0.1) is 0 Å². The molecule has 0 aliphatic heterocycles. The van der Waals surface area contributed by atoms with E-state index in [1.54, 1.807) is 13.3 Å². The van der Waals surface area contributed by atoms with Crippen LogP contribution in [0.4, 0.5) is 0 Å². The lowest BCUT2D eigenvalue weighted by atomic mass is 9.99. The van der Waals surface area contributed by atoms with Crippen molar-refractivity contribution in [3.05, 3.63) is 24.0 Å². The van der Waals surface area contributed by atoms with Crippen molar-refractivity contribution in [1.82, 2.24) is 10.3 Å². The van der Waals surface area contributed by atoms with Gasteiger partial charge < -0.3 is 14.8 Å². The third-order valence-corrected chi connectivity index (χ3v) is 3.24. The minimum atomic E-state index is 0.155. The monoisotopic (exact) mass is 280 g/mol. The van der Waals surface area contributed by atoms with E-state index in [-0.39, 0.29) is 12.1 Å². The minimum absolute atomic E-state index is 0.155. The fraction of sp³-hybridized carbons (Fsp3) is 0.688. The van der Waals surface area contributed by atoms with E-state index < -0.39 is 0 Å². The van der Waals surface area contributed by atoms with E-state index in [4.69, 9.17) is 9.47 Å². The molecule has 1 aromatic heterocycles. The Morgan fingerprint density at radius 1 is 1.20 bits per heavy atom. The number of likely N-dealkylation sites (N-methyl/N-ethyl adjacent to an activating group) is 1. The molecule has 2 unspecified atom stereocenters. The van der Waals surface area contributed by atoms with Crippen molar-refractivity contribution in [2.24, 2.45) is 0 Å². The smallest absolute Gasteiger partial charge is 0.137 e. The van der Waals surface area contributed by atoms with Gasteiger partial charge in [-0.1, -0.05) is 27.2 Å². The van der Waals surface area contributed by atoms with Gasteiger partial charge in [0.15, 0.2) is 0 Å². The molecule has 0 saturated carbocycles. The first-order chi connectivity index (χ1) is 9.76. The molecule has 0 fully saturated rings. The normalized spacial score (nSPS) is 14.0. The quantitative estimate of drug-likeness (QED) is 0.714. The van der Waals surface area contributed by atoms with Crippen LogP contribution in [0.2, 0.25) is 0 Å². The number of nitrogens with zero attached hydrogens (tertiary/aromatic N) is 1. The molecule has 0 spiro atoms. The summed E-state index contributed by atoms with van der Waals surface area (Å²) in [5.74, 6) is 0.832. The van der Waals surface area contributed by atoms with Gasteiger partial charge in [0, 0.05) is 13.3 Å². The fourth-order valence-corrected chi connectivity index (χ4v) is 2.29. The summed E-state index contributed by atoms with van der Waals surface area (Å²) in [5, 5.41) is 3.50. The Balaban J connectivity index is 2.89. The van der Waals surface area contributed by atoms with Crippen LogP contribution in [0, 0.1) is 0 Å². The summed E-state index contributed by atoms with van der Waals surface area (Å²) in [6.07, 6.45) is 6.94. The Morgan fingerprint density at radius 2 is 2.00 bits per heavy atom. The van der Waals surface area contributed by atoms with Crippen molar-refractivity contribution in [3.63, 3.8) is 0 Å². The van der Waals surface area contributed by atoms with Crippen molar-refractivity contribution in [3.8, 4) is 5.75 Å². The number of hydrogen-bond donors (Lipinski definition) is 1. The molecule has 1 rings (SSSR count). The fourth-order valence-electron chi connectivity index (χ4n) is 2.29. The second-order valence-corrected chi connectivity index (χ2v) is 4.90. The number of pyridine rings is 1. The van der Waals surface area contributed by atoms with Crippen molar-refractivity contribution in [2.45, 2.75) is 52.2 Å². The van der Waals surface area contributed by atoms with Crippen LogP contribution in [0.5, 0.6) is 5.75 Å². The van der Waals surface area contributed by atoms with Gasteiger partial charge in [0.25, 0.3) is 0 Å². The first-order valence-electron chi connectivity index (χ1n) is 7.60. The van der Waals surface area contributed by atoms with E-state index in [1.807, 2.05) is 6.20 Å². The SMILES string of the molecule is CCCOc1cncc(C(NCC)C(CCC)OC)c1. The number of ether oxygens (including phenoxy) is 2. The van der Waals surface area contributed by atoms with E-state index in [2.05, 4.69) is 37.1 Å². The molecule has 0 saturated heterocycles. The van der Waals surface area contributed by atoms with Crippen LogP contribution in [0.1, 0.15) is 51.6 Å². The molecule has 1 heterocycles. The van der Waals surface area contributed by atoms with Crippen LogP contribution in [0.25, 0.3) is 0 Å². The highest BCUT2D eigenvalue weighted by molar-refractivity contribution is 5.26. The topological polar surface area (TPSA) is 43.4 Å². The Kier molecular flexibility index (Phi) is 8.23. The van der Waals surface area contributed by atoms with Gasteiger partial charge in [-0.05, 0) is 31.0 Å². The Bertz CT molecular complexity index is 371.